The highest BCUT2D eigenvalue weighted by atomic mass is 16.6. The van der Waals surface area contributed by atoms with E-state index in [1.807, 2.05) is 36.4 Å². The number of rotatable bonds is 5. The summed E-state index contributed by atoms with van der Waals surface area (Å²) in [6.07, 6.45) is 1.24. The lowest BCUT2D eigenvalue weighted by Crippen LogP contribution is -2.16. The maximum Gasteiger partial charge on any atom is 0.311 e. The molecular weight excluding hydrogens is 294 g/mol. The van der Waals surface area contributed by atoms with Gasteiger partial charge in [0.1, 0.15) is 11.9 Å². The van der Waals surface area contributed by atoms with Crippen molar-refractivity contribution >= 4 is 22.3 Å². The Balaban J connectivity index is 2.10. The third-order valence-corrected chi connectivity index (χ3v) is 3.66. The Morgan fingerprint density at radius 2 is 1.83 bits per heavy atom. The van der Waals surface area contributed by atoms with Crippen molar-refractivity contribution in [1.82, 2.24) is 4.98 Å². The Morgan fingerprint density at radius 3 is 2.52 bits per heavy atom. The van der Waals surface area contributed by atoms with Crippen molar-refractivity contribution in [1.29, 1.82) is 0 Å². The normalized spacial score (nSPS) is 12.0. The lowest BCUT2D eigenvalue weighted by molar-refractivity contribution is -0.384. The number of nitrogens with zero attached hydrogens (tertiary/aromatic N) is 2. The molecule has 1 heterocycles. The van der Waals surface area contributed by atoms with E-state index in [4.69, 9.17) is 0 Å². The molecule has 0 spiro atoms. The molecule has 0 saturated heterocycles. The molecule has 0 aliphatic carbocycles. The Bertz CT molecular complexity index is 837. The van der Waals surface area contributed by atoms with Crippen LogP contribution in [0.15, 0.2) is 60.8 Å². The van der Waals surface area contributed by atoms with Crippen molar-refractivity contribution in [2.45, 2.75) is 6.04 Å². The fraction of sp³-hybridized carbons (Fsp3) is 0.118. The van der Waals surface area contributed by atoms with Gasteiger partial charge in [-0.15, -0.1) is 0 Å². The number of aliphatic hydroxyl groups is 1. The summed E-state index contributed by atoms with van der Waals surface area (Å²) in [5.74, 6) is 0. The van der Waals surface area contributed by atoms with Crippen LogP contribution in [0, 0.1) is 10.1 Å². The summed E-state index contributed by atoms with van der Waals surface area (Å²) < 4.78 is 0. The van der Waals surface area contributed by atoms with Crippen LogP contribution in [-0.4, -0.2) is 21.6 Å². The lowest BCUT2D eigenvalue weighted by atomic mass is 10.1. The minimum absolute atomic E-state index is 0.113. The van der Waals surface area contributed by atoms with E-state index in [1.165, 1.54) is 6.20 Å². The minimum Gasteiger partial charge on any atom is -0.394 e. The number of para-hydroxylation sites is 1. The lowest BCUT2D eigenvalue weighted by Gasteiger charge is -2.19. The van der Waals surface area contributed by atoms with Gasteiger partial charge in [0.05, 0.1) is 23.1 Å². The van der Waals surface area contributed by atoms with E-state index < -0.39 is 11.0 Å². The molecule has 0 saturated carbocycles. The molecule has 3 rings (SSSR count). The number of pyridine rings is 1. The SMILES string of the molecule is O=[N+]([O-])c1cnc2ccccc2c1N[C@H](CO)c1ccccc1. The number of nitrogens with one attached hydrogen (secondary N) is 1. The summed E-state index contributed by atoms with van der Waals surface area (Å²) in [5.41, 5.74) is 1.76. The average Bonchev–Trinajstić information content (AvgIpc) is 2.60. The molecule has 6 nitrogen and oxygen atoms in total. The Kier molecular flexibility index (Phi) is 4.16. The van der Waals surface area contributed by atoms with Crippen LogP contribution in [0.4, 0.5) is 11.4 Å². The zero-order chi connectivity index (χ0) is 16.2. The molecule has 0 aliphatic heterocycles. The molecule has 0 amide bonds. The van der Waals surface area contributed by atoms with Crippen molar-refractivity contribution in [3.8, 4) is 0 Å². The number of hydrogen-bond donors (Lipinski definition) is 2. The van der Waals surface area contributed by atoms with Gasteiger partial charge in [-0.1, -0.05) is 48.5 Å². The summed E-state index contributed by atoms with van der Waals surface area (Å²) >= 11 is 0. The van der Waals surface area contributed by atoms with Gasteiger partial charge in [-0.25, -0.2) is 4.98 Å². The smallest absolute Gasteiger partial charge is 0.311 e. The van der Waals surface area contributed by atoms with Gasteiger partial charge in [0.2, 0.25) is 0 Å². The van der Waals surface area contributed by atoms with E-state index in [9.17, 15) is 15.2 Å². The molecule has 3 aromatic rings. The van der Waals surface area contributed by atoms with Crippen molar-refractivity contribution < 1.29 is 10.0 Å². The monoisotopic (exact) mass is 309 g/mol. The topological polar surface area (TPSA) is 88.3 Å². The minimum atomic E-state index is -0.471. The zero-order valence-electron chi connectivity index (χ0n) is 12.2. The van der Waals surface area contributed by atoms with E-state index in [2.05, 4.69) is 10.3 Å². The van der Waals surface area contributed by atoms with E-state index in [1.54, 1.807) is 18.2 Å². The van der Waals surface area contributed by atoms with Gasteiger partial charge in [-0.05, 0) is 11.6 Å². The molecule has 0 bridgehead atoms. The molecule has 2 aromatic carbocycles. The summed E-state index contributed by atoms with van der Waals surface area (Å²) in [7, 11) is 0. The van der Waals surface area contributed by atoms with Crippen LogP contribution >= 0.6 is 0 Å². The third-order valence-electron chi connectivity index (χ3n) is 3.66. The molecule has 0 aliphatic rings. The predicted octanol–water partition coefficient (Wildman–Crippen LogP) is 3.29. The van der Waals surface area contributed by atoms with Crippen molar-refractivity contribution in [2.24, 2.45) is 0 Å². The Morgan fingerprint density at radius 1 is 1.13 bits per heavy atom. The van der Waals surface area contributed by atoms with Crippen LogP contribution < -0.4 is 5.32 Å². The summed E-state index contributed by atoms with van der Waals surface area (Å²) in [6.45, 7) is -0.183. The summed E-state index contributed by atoms with van der Waals surface area (Å²) in [5, 5.41) is 24.8. The predicted molar refractivity (Wildman–Crippen MR) is 88.3 cm³/mol. The van der Waals surface area contributed by atoms with E-state index in [0.717, 1.165) is 5.56 Å². The largest absolute Gasteiger partial charge is 0.394 e. The number of benzene rings is 2. The maximum atomic E-state index is 11.3. The number of nitro groups is 1. The zero-order valence-corrected chi connectivity index (χ0v) is 12.2. The van der Waals surface area contributed by atoms with Crippen LogP contribution in [0.1, 0.15) is 11.6 Å². The first kappa shape index (κ1) is 14.9. The summed E-state index contributed by atoms with van der Waals surface area (Å²) in [6, 6.07) is 16.1. The van der Waals surface area contributed by atoms with Crippen molar-refractivity contribution in [3.63, 3.8) is 0 Å². The van der Waals surface area contributed by atoms with Gasteiger partial charge in [0, 0.05) is 5.39 Å². The maximum absolute atomic E-state index is 11.3. The number of fused-ring (bicyclic) bond motifs is 1. The van der Waals surface area contributed by atoms with E-state index in [-0.39, 0.29) is 12.3 Å². The van der Waals surface area contributed by atoms with E-state index in [0.29, 0.717) is 16.6 Å². The molecule has 23 heavy (non-hydrogen) atoms. The highest BCUT2D eigenvalue weighted by molar-refractivity contribution is 5.95. The number of hydrogen-bond acceptors (Lipinski definition) is 5. The standard InChI is InChI=1S/C17H15N3O3/c21-11-15(12-6-2-1-3-7-12)19-17-13-8-4-5-9-14(13)18-10-16(17)20(22)23/h1-10,15,21H,11H2,(H,18,19)/t15-/m1/s1. The molecule has 1 atom stereocenters. The second kappa shape index (κ2) is 6.41. The van der Waals surface area contributed by atoms with Crippen molar-refractivity contribution in [2.75, 3.05) is 11.9 Å². The highest BCUT2D eigenvalue weighted by Crippen LogP contribution is 2.34. The first-order valence-corrected chi connectivity index (χ1v) is 7.15. The number of aliphatic hydroxyl groups excluding tert-OH is 1. The first-order chi connectivity index (χ1) is 11.2. The molecule has 2 N–H and O–H groups in total. The first-order valence-electron chi connectivity index (χ1n) is 7.15. The van der Waals surface area contributed by atoms with Gasteiger partial charge in [-0.3, -0.25) is 10.1 Å². The molecular formula is C17H15N3O3. The van der Waals surface area contributed by atoms with Crippen LogP contribution in [-0.2, 0) is 0 Å². The highest BCUT2D eigenvalue weighted by Gasteiger charge is 2.21. The number of anilines is 1. The second-order valence-corrected chi connectivity index (χ2v) is 5.08. The van der Waals surface area contributed by atoms with Crippen LogP contribution in [0.5, 0.6) is 0 Å². The fourth-order valence-electron chi connectivity index (χ4n) is 2.51. The Labute approximate surface area is 132 Å². The molecule has 0 fully saturated rings. The molecule has 0 unspecified atom stereocenters. The van der Waals surface area contributed by atoms with Gasteiger partial charge in [0.25, 0.3) is 0 Å². The van der Waals surface area contributed by atoms with Crippen LogP contribution in [0.2, 0.25) is 0 Å². The molecule has 1 aromatic heterocycles. The molecule has 0 radical (unpaired) electrons. The van der Waals surface area contributed by atoms with Crippen LogP contribution in [0.25, 0.3) is 10.9 Å². The third kappa shape index (κ3) is 2.97. The average molecular weight is 309 g/mol. The van der Waals surface area contributed by atoms with Gasteiger partial charge >= 0.3 is 5.69 Å². The van der Waals surface area contributed by atoms with Gasteiger partial charge in [-0.2, -0.15) is 0 Å². The van der Waals surface area contributed by atoms with Gasteiger partial charge in [0.15, 0.2) is 0 Å². The number of aromatic nitrogens is 1. The molecule has 116 valence electrons. The van der Waals surface area contributed by atoms with E-state index >= 15 is 0 Å². The summed E-state index contributed by atoms with van der Waals surface area (Å²) in [4.78, 5) is 15.0. The van der Waals surface area contributed by atoms with Gasteiger partial charge < -0.3 is 10.4 Å². The fourth-order valence-corrected chi connectivity index (χ4v) is 2.51. The van der Waals surface area contributed by atoms with Crippen molar-refractivity contribution in [3.05, 3.63) is 76.5 Å². The second-order valence-electron chi connectivity index (χ2n) is 5.08. The molecule has 6 heteroatoms. The van der Waals surface area contributed by atoms with Crippen LogP contribution in [0.3, 0.4) is 0 Å². The quantitative estimate of drug-likeness (QED) is 0.557. The Hall–Kier alpha value is -2.99.